The Morgan fingerprint density at radius 2 is 1.61 bits per heavy atom. The molecule has 11 heteroatoms. The maximum Gasteiger partial charge on any atom is 0.330 e. The summed E-state index contributed by atoms with van der Waals surface area (Å²) in [6.45, 7) is 10.2. The summed E-state index contributed by atoms with van der Waals surface area (Å²) in [6.07, 6.45) is 6.49. The topological polar surface area (TPSA) is 117 Å². The Kier molecular flexibility index (Phi) is 18.6. The van der Waals surface area contributed by atoms with Crippen molar-refractivity contribution in [3.05, 3.63) is 102 Å². The molecule has 0 radical (unpaired) electrons. The molecule has 1 heterocycles. The molecule has 0 amide bonds. The minimum absolute atomic E-state index is 0.169. The third-order valence-corrected chi connectivity index (χ3v) is 9.61. The van der Waals surface area contributed by atoms with Crippen molar-refractivity contribution < 1.29 is 52.2 Å². The summed E-state index contributed by atoms with van der Waals surface area (Å²) in [5, 5.41) is 0. The van der Waals surface area contributed by atoms with E-state index in [2.05, 4.69) is 6.58 Å². The summed E-state index contributed by atoms with van der Waals surface area (Å²) in [5.74, 6) is -1.92. The Bertz CT molecular complexity index is 1480. The van der Waals surface area contributed by atoms with E-state index in [-0.39, 0.29) is 18.9 Å². The monoisotopic (exact) mass is 752 g/mol. The lowest BCUT2D eigenvalue weighted by atomic mass is 9.74. The van der Waals surface area contributed by atoms with Crippen LogP contribution in [0.3, 0.4) is 0 Å². The van der Waals surface area contributed by atoms with Gasteiger partial charge in [-0.05, 0) is 67.5 Å². The molecule has 0 aliphatic carbocycles. The fourth-order valence-corrected chi connectivity index (χ4v) is 6.43. The van der Waals surface area contributed by atoms with Gasteiger partial charge in [0.05, 0.1) is 45.7 Å². The van der Waals surface area contributed by atoms with E-state index in [1.165, 1.54) is 34.5 Å². The van der Waals surface area contributed by atoms with Crippen molar-refractivity contribution in [2.24, 2.45) is 5.41 Å². The molecule has 54 heavy (non-hydrogen) atoms. The number of ether oxygens (including phenoxy) is 9. The standard InChI is InChI=1S/C43H60O11/c1-10-11-12-16-19-38(44)53-41-34(27-39(45)47-6)26-36(54-43(41,50-9)42(3,4)25-24-40(48-7)49-8)28-37(31(2)51-29-32-17-14-13-15-18-32)52-30-33-20-22-35(46-5)23-21-33/h10,13-15,17-18,20-25,27,31,36-37,40-41H,1,11-12,16,19,26,28-30H2,2-9H3/b25-24+,34-27+/t31-,36-,37?,41-,43+/m0/s1. The van der Waals surface area contributed by atoms with Gasteiger partial charge in [0.1, 0.15) is 5.75 Å². The van der Waals surface area contributed by atoms with E-state index in [4.69, 9.17) is 42.6 Å². The quantitative estimate of drug-likeness (QED) is 0.0366. The summed E-state index contributed by atoms with van der Waals surface area (Å²) < 4.78 is 53.9. The van der Waals surface area contributed by atoms with E-state index in [1.807, 2.05) is 87.5 Å². The molecule has 2 aromatic rings. The SMILES string of the molecule is C=CCCCCC(=O)O[C@H]1/C(=C/C(=O)OC)C[C@@H](CC(OCc2ccc(OC)cc2)[C@H](C)OCc2ccccc2)O[C@@]1(OC)C(C)(C)/C=C/C(OC)OC. The van der Waals surface area contributed by atoms with Gasteiger partial charge in [0.2, 0.25) is 5.79 Å². The Hall–Kier alpha value is -3.84. The van der Waals surface area contributed by atoms with Crippen LogP contribution in [0.15, 0.2) is 91.1 Å². The van der Waals surface area contributed by atoms with Gasteiger partial charge in [0, 0.05) is 45.7 Å². The van der Waals surface area contributed by atoms with Crippen molar-refractivity contribution in [2.75, 3.05) is 35.5 Å². The summed E-state index contributed by atoms with van der Waals surface area (Å²) in [5.41, 5.74) is 1.48. The molecule has 298 valence electrons. The predicted molar refractivity (Wildman–Crippen MR) is 205 cm³/mol. The average Bonchev–Trinajstić information content (AvgIpc) is 3.18. The highest BCUT2D eigenvalue weighted by Crippen LogP contribution is 2.49. The van der Waals surface area contributed by atoms with Crippen LogP contribution in [0.4, 0.5) is 0 Å². The summed E-state index contributed by atoms with van der Waals surface area (Å²) in [7, 11) is 7.50. The molecule has 0 saturated carbocycles. The van der Waals surface area contributed by atoms with Crippen molar-refractivity contribution >= 4 is 11.9 Å². The van der Waals surface area contributed by atoms with Gasteiger partial charge in [-0.3, -0.25) is 4.79 Å². The first-order valence-electron chi connectivity index (χ1n) is 18.4. The van der Waals surface area contributed by atoms with E-state index in [9.17, 15) is 9.59 Å². The summed E-state index contributed by atoms with van der Waals surface area (Å²) in [6, 6.07) is 17.6. The van der Waals surface area contributed by atoms with E-state index < -0.39 is 47.7 Å². The van der Waals surface area contributed by atoms with Crippen molar-refractivity contribution in [3.8, 4) is 5.75 Å². The Balaban J connectivity index is 2.06. The third-order valence-electron chi connectivity index (χ3n) is 9.61. The number of hydrogen-bond acceptors (Lipinski definition) is 11. The second-order valence-electron chi connectivity index (χ2n) is 13.8. The molecule has 0 aromatic heterocycles. The van der Waals surface area contributed by atoms with Gasteiger partial charge in [-0.25, -0.2) is 4.79 Å². The molecule has 2 aromatic carbocycles. The number of esters is 2. The Morgan fingerprint density at radius 1 is 0.944 bits per heavy atom. The molecule has 0 spiro atoms. The Morgan fingerprint density at radius 3 is 2.22 bits per heavy atom. The van der Waals surface area contributed by atoms with E-state index in [1.54, 1.807) is 13.2 Å². The van der Waals surface area contributed by atoms with Gasteiger partial charge in [-0.2, -0.15) is 0 Å². The molecule has 0 N–H and O–H groups in total. The van der Waals surface area contributed by atoms with Crippen LogP contribution in [0.25, 0.3) is 0 Å². The number of carbonyl (C=O) groups is 2. The smallest absolute Gasteiger partial charge is 0.330 e. The maximum atomic E-state index is 13.5. The highest BCUT2D eigenvalue weighted by atomic mass is 16.7. The minimum Gasteiger partial charge on any atom is -0.497 e. The first-order valence-corrected chi connectivity index (χ1v) is 18.4. The lowest BCUT2D eigenvalue weighted by Crippen LogP contribution is -2.63. The van der Waals surface area contributed by atoms with Crippen LogP contribution in [-0.2, 0) is 60.7 Å². The minimum atomic E-state index is -1.62. The van der Waals surface area contributed by atoms with Crippen molar-refractivity contribution in [2.45, 2.75) is 109 Å². The molecule has 11 nitrogen and oxygen atoms in total. The van der Waals surface area contributed by atoms with Crippen LogP contribution >= 0.6 is 0 Å². The molecule has 1 aliphatic rings. The zero-order chi connectivity index (χ0) is 39.6. The van der Waals surface area contributed by atoms with E-state index in [0.717, 1.165) is 29.7 Å². The van der Waals surface area contributed by atoms with Gasteiger partial charge < -0.3 is 42.6 Å². The molecular formula is C43H60O11. The van der Waals surface area contributed by atoms with Crippen molar-refractivity contribution in [1.29, 1.82) is 0 Å². The highest BCUT2D eigenvalue weighted by Gasteiger charge is 2.59. The average molecular weight is 753 g/mol. The Labute approximate surface area is 321 Å². The van der Waals surface area contributed by atoms with Crippen LogP contribution in [0.1, 0.15) is 70.4 Å². The lowest BCUT2D eigenvalue weighted by molar-refractivity contribution is -0.339. The van der Waals surface area contributed by atoms with Gasteiger partial charge in [0.15, 0.2) is 12.4 Å². The molecule has 5 atom stereocenters. The zero-order valence-electron chi connectivity index (χ0n) is 33.2. The fraction of sp³-hybridized carbons (Fsp3) is 0.535. The second kappa shape index (κ2) is 22.5. The first-order chi connectivity index (χ1) is 25.9. The molecule has 1 fully saturated rings. The van der Waals surface area contributed by atoms with Gasteiger partial charge >= 0.3 is 11.9 Å². The number of methoxy groups -OCH3 is 5. The van der Waals surface area contributed by atoms with Crippen molar-refractivity contribution in [1.82, 2.24) is 0 Å². The lowest BCUT2D eigenvalue weighted by Gasteiger charge is -2.53. The van der Waals surface area contributed by atoms with Crippen LogP contribution in [0.2, 0.25) is 0 Å². The largest absolute Gasteiger partial charge is 0.497 e. The van der Waals surface area contributed by atoms with E-state index >= 15 is 0 Å². The number of hydrogen-bond donors (Lipinski definition) is 0. The first kappa shape index (κ1) is 44.6. The van der Waals surface area contributed by atoms with Crippen LogP contribution < -0.4 is 4.74 Å². The highest BCUT2D eigenvalue weighted by molar-refractivity contribution is 5.83. The van der Waals surface area contributed by atoms with Crippen LogP contribution in [-0.4, -0.2) is 84.0 Å². The third kappa shape index (κ3) is 12.9. The van der Waals surface area contributed by atoms with E-state index in [0.29, 0.717) is 31.6 Å². The number of unbranched alkanes of at least 4 members (excludes halogenated alkanes) is 2. The second-order valence-corrected chi connectivity index (χ2v) is 13.8. The van der Waals surface area contributed by atoms with Crippen molar-refractivity contribution in [3.63, 3.8) is 0 Å². The molecule has 1 saturated heterocycles. The van der Waals surface area contributed by atoms with Crippen LogP contribution in [0, 0.1) is 5.41 Å². The molecule has 1 unspecified atom stereocenters. The molecule has 0 bridgehead atoms. The molecule has 3 rings (SSSR count). The number of carbonyl (C=O) groups excluding carboxylic acids is 2. The fourth-order valence-electron chi connectivity index (χ4n) is 6.43. The molecular weight excluding hydrogens is 692 g/mol. The number of allylic oxidation sites excluding steroid dienone is 1. The zero-order valence-corrected chi connectivity index (χ0v) is 33.2. The molecule has 1 aliphatic heterocycles. The number of rotatable bonds is 23. The van der Waals surface area contributed by atoms with Crippen LogP contribution in [0.5, 0.6) is 5.75 Å². The normalized spacial score (nSPS) is 20.9. The maximum absolute atomic E-state index is 13.5. The predicted octanol–water partition coefficient (Wildman–Crippen LogP) is 7.67. The summed E-state index contributed by atoms with van der Waals surface area (Å²) >= 11 is 0. The van der Waals surface area contributed by atoms with Gasteiger partial charge in [-0.15, -0.1) is 6.58 Å². The van der Waals surface area contributed by atoms with Gasteiger partial charge in [-0.1, -0.05) is 68.5 Å². The summed E-state index contributed by atoms with van der Waals surface area (Å²) in [4.78, 5) is 26.4. The van der Waals surface area contributed by atoms with Gasteiger partial charge in [0.25, 0.3) is 0 Å². The number of benzene rings is 2.